The second-order valence-electron chi connectivity index (χ2n) is 7.03. The molecule has 0 spiro atoms. The number of halogens is 1. The van der Waals surface area contributed by atoms with E-state index >= 15 is 0 Å². The molecule has 8 heteroatoms. The summed E-state index contributed by atoms with van der Waals surface area (Å²) >= 11 is 0. The van der Waals surface area contributed by atoms with E-state index in [1.807, 2.05) is 4.90 Å². The number of anilines is 1. The first-order chi connectivity index (χ1) is 14.6. The summed E-state index contributed by atoms with van der Waals surface area (Å²) in [6.45, 7) is 2.62. The van der Waals surface area contributed by atoms with Gasteiger partial charge < -0.3 is 19.0 Å². The van der Waals surface area contributed by atoms with Gasteiger partial charge in [-0.25, -0.2) is 4.39 Å². The number of amides is 1. The van der Waals surface area contributed by atoms with Crippen LogP contribution in [-0.4, -0.2) is 54.1 Å². The van der Waals surface area contributed by atoms with Gasteiger partial charge in [-0.1, -0.05) is 12.1 Å². The highest BCUT2D eigenvalue weighted by Gasteiger charge is 2.22. The van der Waals surface area contributed by atoms with Crippen molar-refractivity contribution >= 4 is 11.7 Å². The topological polar surface area (TPSA) is 71.7 Å². The molecule has 0 N–H and O–H groups in total. The van der Waals surface area contributed by atoms with Crippen molar-refractivity contribution in [3.05, 3.63) is 60.4 Å². The lowest BCUT2D eigenvalue weighted by Crippen LogP contribution is -2.49. The van der Waals surface area contributed by atoms with Gasteiger partial charge in [0.2, 0.25) is 11.8 Å². The van der Waals surface area contributed by atoms with E-state index < -0.39 is 0 Å². The Morgan fingerprint density at radius 1 is 1.13 bits per heavy atom. The standard InChI is InChI=1S/C22H23FN4O3/c1-29-21-15-24-14-20(25-21)26-10-12-27(13-11-26)22(28)9-7-16-6-8-19(30-16)17-4-2-3-5-18(17)23/h2-6,8,14-15H,7,9-13H2,1H3. The molecular weight excluding hydrogens is 387 g/mol. The highest BCUT2D eigenvalue weighted by Crippen LogP contribution is 2.25. The SMILES string of the molecule is COc1cncc(N2CCN(C(=O)CCc3ccc(-c4ccccc4F)o3)CC2)n1. The fourth-order valence-electron chi connectivity index (χ4n) is 3.48. The van der Waals surface area contributed by atoms with E-state index in [1.54, 1.807) is 49.8 Å². The summed E-state index contributed by atoms with van der Waals surface area (Å²) in [5, 5.41) is 0. The van der Waals surface area contributed by atoms with Crippen molar-refractivity contribution in [2.24, 2.45) is 0 Å². The molecule has 3 aromatic rings. The Bertz CT molecular complexity index is 1010. The molecule has 1 saturated heterocycles. The van der Waals surface area contributed by atoms with Gasteiger partial charge in [0, 0.05) is 39.0 Å². The molecule has 1 aliphatic rings. The van der Waals surface area contributed by atoms with E-state index in [4.69, 9.17) is 9.15 Å². The smallest absolute Gasteiger partial charge is 0.233 e. The molecule has 7 nitrogen and oxygen atoms in total. The van der Waals surface area contributed by atoms with Gasteiger partial charge in [-0.15, -0.1) is 0 Å². The van der Waals surface area contributed by atoms with Crippen molar-refractivity contribution in [1.82, 2.24) is 14.9 Å². The minimum atomic E-state index is -0.326. The number of aryl methyl sites for hydroxylation is 1. The zero-order valence-corrected chi connectivity index (χ0v) is 16.8. The molecule has 1 aliphatic heterocycles. The molecule has 0 unspecified atom stereocenters. The van der Waals surface area contributed by atoms with Gasteiger partial charge in [0.1, 0.15) is 17.3 Å². The van der Waals surface area contributed by atoms with E-state index in [0.29, 0.717) is 62.0 Å². The zero-order valence-electron chi connectivity index (χ0n) is 16.8. The number of aromatic nitrogens is 2. The number of hydrogen-bond donors (Lipinski definition) is 0. The van der Waals surface area contributed by atoms with Gasteiger partial charge in [-0.05, 0) is 24.3 Å². The summed E-state index contributed by atoms with van der Waals surface area (Å²) in [5.41, 5.74) is 0.423. The first-order valence-corrected chi connectivity index (χ1v) is 9.86. The van der Waals surface area contributed by atoms with Gasteiger partial charge >= 0.3 is 0 Å². The molecule has 156 valence electrons. The Morgan fingerprint density at radius 2 is 1.93 bits per heavy atom. The fourth-order valence-corrected chi connectivity index (χ4v) is 3.48. The number of carbonyl (C=O) groups excluding carboxylic acids is 1. The maximum atomic E-state index is 13.9. The molecule has 0 saturated carbocycles. The van der Waals surface area contributed by atoms with Crippen molar-refractivity contribution in [2.45, 2.75) is 12.8 Å². The van der Waals surface area contributed by atoms with Crippen molar-refractivity contribution < 1.29 is 18.3 Å². The van der Waals surface area contributed by atoms with Crippen molar-refractivity contribution in [3.8, 4) is 17.2 Å². The average molecular weight is 410 g/mol. The third kappa shape index (κ3) is 4.42. The van der Waals surface area contributed by atoms with Crippen molar-refractivity contribution in [3.63, 3.8) is 0 Å². The van der Waals surface area contributed by atoms with Crippen LogP contribution in [0.5, 0.6) is 5.88 Å². The Hall–Kier alpha value is -3.42. The maximum absolute atomic E-state index is 13.9. The number of methoxy groups -OCH3 is 1. The number of ether oxygens (including phenoxy) is 1. The summed E-state index contributed by atoms with van der Waals surface area (Å²) < 4.78 is 24.8. The second-order valence-corrected chi connectivity index (χ2v) is 7.03. The molecule has 3 heterocycles. The van der Waals surface area contributed by atoms with Gasteiger partial charge in [0.25, 0.3) is 0 Å². The lowest BCUT2D eigenvalue weighted by atomic mass is 10.1. The Kier molecular flexibility index (Phi) is 5.92. The predicted octanol–water partition coefficient (Wildman–Crippen LogP) is 3.17. The lowest BCUT2D eigenvalue weighted by Gasteiger charge is -2.35. The van der Waals surface area contributed by atoms with Crippen molar-refractivity contribution in [2.75, 3.05) is 38.2 Å². The van der Waals surface area contributed by atoms with Crippen LogP contribution in [0, 0.1) is 5.82 Å². The third-order valence-electron chi connectivity index (χ3n) is 5.15. The van der Waals surface area contributed by atoms with Gasteiger partial charge in [0.15, 0.2) is 5.82 Å². The largest absolute Gasteiger partial charge is 0.480 e. The summed E-state index contributed by atoms with van der Waals surface area (Å²) in [4.78, 5) is 25.1. The summed E-state index contributed by atoms with van der Waals surface area (Å²) in [6, 6.07) is 10.0. The Balaban J connectivity index is 1.29. The molecule has 0 radical (unpaired) electrons. The van der Waals surface area contributed by atoms with E-state index in [-0.39, 0.29) is 11.7 Å². The second kappa shape index (κ2) is 8.94. The van der Waals surface area contributed by atoms with E-state index in [1.165, 1.54) is 6.07 Å². The number of rotatable bonds is 6. The molecule has 0 aliphatic carbocycles. The van der Waals surface area contributed by atoms with E-state index in [0.717, 1.165) is 5.82 Å². The number of furan rings is 1. The predicted molar refractivity (Wildman–Crippen MR) is 110 cm³/mol. The monoisotopic (exact) mass is 410 g/mol. The summed E-state index contributed by atoms with van der Waals surface area (Å²) in [7, 11) is 1.56. The zero-order chi connectivity index (χ0) is 20.9. The Labute approximate surface area is 174 Å². The highest BCUT2D eigenvalue weighted by atomic mass is 19.1. The molecule has 1 amide bonds. The van der Waals surface area contributed by atoms with Gasteiger partial charge in [-0.3, -0.25) is 9.78 Å². The molecular formula is C22H23FN4O3. The van der Waals surface area contributed by atoms with Gasteiger partial charge in [0.05, 0.1) is 25.1 Å². The maximum Gasteiger partial charge on any atom is 0.233 e. The Morgan fingerprint density at radius 3 is 2.70 bits per heavy atom. The number of carbonyl (C=O) groups is 1. The summed E-state index contributed by atoms with van der Waals surface area (Å²) in [5.74, 6) is 2.12. The third-order valence-corrected chi connectivity index (χ3v) is 5.15. The number of hydrogen-bond acceptors (Lipinski definition) is 6. The normalized spacial score (nSPS) is 14.1. The fraction of sp³-hybridized carbons (Fsp3) is 0.318. The van der Waals surface area contributed by atoms with Crippen LogP contribution in [0.25, 0.3) is 11.3 Å². The first-order valence-electron chi connectivity index (χ1n) is 9.86. The summed E-state index contributed by atoms with van der Waals surface area (Å²) in [6.07, 6.45) is 4.09. The van der Waals surface area contributed by atoms with Crippen molar-refractivity contribution in [1.29, 1.82) is 0 Å². The molecule has 2 aromatic heterocycles. The van der Waals surface area contributed by atoms with Crippen LogP contribution in [0.2, 0.25) is 0 Å². The van der Waals surface area contributed by atoms with Gasteiger partial charge in [-0.2, -0.15) is 4.98 Å². The number of piperazine rings is 1. The molecule has 1 aromatic carbocycles. The van der Waals surface area contributed by atoms with Crippen LogP contribution in [0.4, 0.5) is 10.2 Å². The number of nitrogens with zero attached hydrogens (tertiary/aromatic N) is 4. The average Bonchev–Trinajstić information content (AvgIpc) is 3.27. The highest BCUT2D eigenvalue weighted by molar-refractivity contribution is 5.76. The molecule has 30 heavy (non-hydrogen) atoms. The van der Waals surface area contributed by atoms with Crippen LogP contribution in [-0.2, 0) is 11.2 Å². The van der Waals surface area contributed by atoms with Crippen LogP contribution in [0.3, 0.4) is 0 Å². The molecule has 0 bridgehead atoms. The lowest BCUT2D eigenvalue weighted by molar-refractivity contribution is -0.131. The molecule has 0 atom stereocenters. The van der Waals surface area contributed by atoms with E-state index in [9.17, 15) is 9.18 Å². The quantitative estimate of drug-likeness (QED) is 0.622. The molecule has 4 rings (SSSR count). The van der Waals surface area contributed by atoms with Crippen LogP contribution in [0.15, 0.2) is 53.2 Å². The van der Waals surface area contributed by atoms with E-state index in [2.05, 4.69) is 14.9 Å². The van der Waals surface area contributed by atoms with Crippen LogP contribution >= 0.6 is 0 Å². The molecule has 1 fully saturated rings. The number of benzene rings is 1. The minimum absolute atomic E-state index is 0.0789. The minimum Gasteiger partial charge on any atom is -0.480 e. The van der Waals surface area contributed by atoms with Crippen LogP contribution in [0.1, 0.15) is 12.2 Å². The first kappa shape index (κ1) is 19.9. The van der Waals surface area contributed by atoms with Crippen LogP contribution < -0.4 is 9.64 Å².